The van der Waals surface area contributed by atoms with Crippen LogP contribution in [0.1, 0.15) is 17.5 Å². The summed E-state index contributed by atoms with van der Waals surface area (Å²) >= 11 is 0. The molecular formula is C17H29N3O. The first kappa shape index (κ1) is 16.3. The third kappa shape index (κ3) is 3.57. The van der Waals surface area contributed by atoms with E-state index < -0.39 is 0 Å². The number of likely N-dealkylation sites (N-methyl/N-ethyl adjacent to an activating group) is 2. The van der Waals surface area contributed by atoms with Crippen LogP contribution in [-0.2, 0) is 12.8 Å². The number of methoxy groups -OCH3 is 1. The Kier molecular flexibility index (Phi) is 5.25. The van der Waals surface area contributed by atoms with Gasteiger partial charge in [-0.15, -0.1) is 0 Å². The van der Waals surface area contributed by atoms with Gasteiger partial charge in [-0.3, -0.25) is 4.90 Å². The third-order valence-corrected chi connectivity index (χ3v) is 4.86. The molecule has 21 heavy (non-hydrogen) atoms. The van der Waals surface area contributed by atoms with E-state index in [0.717, 1.165) is 38.1 Å². The standard InChI is InChI=1S/C17H29N3O/c1-19(2)9-10-20(3)17(13-18)8-7-14-5-6-16(21-4)11-15(14)12-17/h5-6,11H,7-10,12-13,18H2,1-4H3. The van der Waals surface area contributed by atoms with Gasteiger partial charge in [0.25, 0.3) is 0 Å². The van der Waals surface area contributed by atoms with Crippen molar-refractivity contribution in [2.24, 2.45) is 5.73 Å². The van der Waals surface area contributed by atoms with Crippen LogP contribution in [0.5, 0.6) is 5.75 Å². The number of hydrogen-bond donors (Lipinski definition) is 1. The zero-order chi connectivity index (χ0) is 15.5. The molecule has 0 saturated heterocycles. The fourth-order valence-corrected chi connectivity index (χ4v) is 3.19. The summed E-state index contributed by atoms with van der Waals surface area (Å²) in [7, 11) is 8.17. The van der Waals surface area contributed by atoms with Crippen LogP contribution >= 0.6 is 0 Å². The van der Waals surface area contributed by atoms with Crippen LogP contribution in [0.4, 0.5) is 0 Å². The molecular weight excluding hydrogens is 262 g/mol. The van der Waals surface area contributed by atoms with Crippen molar-refractivity contribution >= 4 is 0 Å². The Hall–Kier alpha value is -1.10. The molecule has 1 atom stereocenters. The monoisotopic (exact) mass is 291 g/mol. The van der Waals surface area contributed by atoms with Crippen molar-refractivity contribution in [1.29, 1.82) is 0 Å². The van der Waals surface area contributed by atoms with Crippen LogP contribution in [0.3, 0.4) is 0 Å². The molecule has 1 aromatic carbocycles. The van der Waals surface area contributed by atoms with E-state index >= 15 is 0 Å². The van der Waals surface area contributed by atoms with Gasteiger partial charge in [0.2, 0.25) is 0 Å². The van der Waals surface area contributed by atoms with Crippen LogP contribution < -0.4 is 10.5 Å². The second-order valence-electron chi connectivity index (χ2n) is 6.46. The van der Waals surface area contributed by atoms with Crippen molar-refractivity contribution in [1.82, 2.24) is 9.80 Å². The zero-order valence-corrected chi connectivity index (χ0v) is 13.9. The van der Waals surface area contributed by atoms with Gasteiger partial charge >= 0.3 is 0 Å². The van der Waals surface area contributed by atoms with E-state index in [1.807, 2.05) is 0 Å². The van der Waals surface area contributed by atoms with Crippen LogP contribution in [0.2, 0.25) is 0 Å². The lowest BCUT2D eigenvalue weighted by molar-refractivity contribution is 0.100. The predicted octanol–water partition coefficient (Wildman–Crippen LogP) is 1.37. The van der Waals surface area contributed by atoms with E-state index in [2.05, 4.69) is 49.1 Å². The summed E-state index contributed by atoms with van der Waals surface area (Å²) in [5.41, 5.74) is 9.10. The van der Waals surface area contributed by atoms with Crippen molar-refractivity contribution in [3.05, 3.63) is 29.3 Å². The molecule has 0 heterocycles. The topological polar surface area (TPSA) is 41.7 Å². The first-order valence-corrected chi connectivity index (χ1v) is 7.72. The fraction of sp³-hybridized carbons (Fsp3) is 0.647. The lowest BCUT2D eigenvalue weighted by Crippen LogP contribution is -2.56. The van der Waals surface area contributed by atoms with Crippen molar-refractivity contribution in [3.63, 3.8) is 0 Å². The molecule has 0 aromatic heterocycles. The molecule has 4 heteroatoms. The van der Waals surface area contributed by atoms with Crippen molar-refractivity contribution in [2.75, 3.05) is 47.9 Å². The minimum atomic E-state index is 0.0787. The van der Waals surface area contributed by atoms with Gasteiger partial charge in [-0.25, -0.2) is 0 Å². The molecule has 1 aliphatic carbocycles. The molecule has 0 fully saturated rings. The summed E-state index contributed by atoms with van der Waals surface area (Å²) in [5.74, 6) is 0.942. The van der Waals surface area contributed by atoms with Crippen molar-refractivity contribution < 1.29 is 4.74 Å². The molecule has 1 aliphatic rings. The van der Waals surface area contributed by atoms with Gasteiger partial charge in [0.05, 0.1) is 7.11 Å². The highest BCUT2D eigenvalue weighted by Gasteiger charge is 2.36. The van der Waals surface area contributed by atoms with E-state index in [1.54, 1.807) is 7.11 Å². The second-order valence-corrected chi connectivity index (χ2v) is 6.46. The molecule has 1 aromatic rings. The number of fused-ring (bicyclic) bond motifs is 1. The number of ether oxygens (including phenoxy) is 1. The average Bonchev–Trinajstić information content (AvgIpc) is 2.51. The summed E-state index contributed by atoms with van der Waals surface area (Å²) in [4.78, 5) is 4.68. The second kappa shape index (κ2) is 6.77. The summed E-state index contributed by atoms with van der Waals surface area (Å²) in [6.45, 7) is 2.81. The van der Waals surface area contributed by atoms with Crippen molar-refractivity contribution in [3.8, 4) is 5.75 Å². The predicted molar refractivity (Wildman–Crippen MR) is 88.0 cm³/mol. The van der Waals surface area contributed by atoms with E-state index in [0.29, 0.717) is 6.54 Å². The third-order valence-electron chi connectivity index (χ3n) is 4.86. The Balaban J connectivity index is 2.18. The number of benzene rings is 1. The molecule has 2 rings (SSSR count). The largest absolute Gasteiger partial charge is 0.497 e. The molecule has 0 aliphatic heterocycles. The fourth-order valence-electron chi connectivity index (χ4n) is 3.19. The smallest absolute Gasteiger partial charge is 0.119 e. The van der Waals surface area contributed by atoms with Gasteiger partial charge in [-0.2, -0.15) is 0 Å². The summed E-state index contributed by atoms with van der Waals surface area (Å²) in [5, 5.41) is 0. The maximum Gasteiger partial charge on any atom is 0.119 e. The highest BCUT2D eigenvalue weighted by atomic mass is 16.5. The van der Waals surface area contributed by atoms with E-state index in [4.69, 9.17) is 10.5 Å². The molecule has 4 nitrogen and oxygen atoms in total. The van der Waals surface area contributed by atoms with Gasteiger partial charge in [0, 0.05) is 25.2 Å². The number of rotatable bonds is 6. The minimum Gasteiger partial charge on any atom is -0.497 e. The normalized spacial score (nSPS) is 21.7. The SMILES string of the molecule is COc1ccc2c(c1)CC(CN)(N(C)CCN(C)C)CC2. The molecule has 0 radical (unpaired) electrons. The minimum absolute atomic E-state index is 0.0787. The van der Waals surface area contributed by atoms with Gasteiger partial charge in [-0.05, 0) is 63.7 Å². The highest BCUT2D eigenvalue weighted by molar-refractivity contribution is 5.39. The van der Waals surface area contributed by atoms with E-state index in [1.165, 1.54) is 11.1 Å². The Morgan fingerprint density at radius 1 is 1.19 bits per heavy atom. The molecule has 2 N–H and O–H groups in total. The maximum absolute atomic E-state index is 6.19. The Morgan fingerprint density at radius 2 is 1.95 bits per heavy atom. The molecule has 0 bridgehead atoms. The molecule has 1 unspecified atom stereocenters. The van der Waals surface area contributed by atoms with Gasteiger partial charge < -0.3 is 15.4 Å². The maximum atomic E-state index is 6.19. The highest BCUT2D eigenvalue weighted by Crippen LogP contribution is 2.33. The number of aryl methyl sites for hydroxylation is 1. The van der Waals surface area contributed by atoms with Gasteiger partial charge in [0.1, 0.15) is 5.75 Å². The molecule has 0 amide bonds. The zero-order valence-electron chi connectivity index (χ0n) is 13.9. The number of nitrogens with two attached hydrogens (primary N) is 1. The van der Waals surface area contributed by atoms with E-state index in [-0.39, 0.29) is 5.54 Å². The van der Waals surface area contributed by atoms with Crippen molar-refractivity contribution in [2.45, 2.75) is 24.8 Å². The summed E-state index contributed by atoms with van der Waals surface area (Å²) < 4.78 is 5.37. The first-order valence-electron chi connectivity index (χ1n) is 7.72. The van der Waals surface area contributed by atoms with Gasteiger partial charge in [0.15, 0.2) is 0 Å². The van der Waals surface area contributed by atoms with E-state index in [9.17, 15) is 0 Å². The van der Waals surface area contributed by atoms with Crippen LogP contribution in [0, 0.1) is 0 Å². The van der Waals surface area contributed by atoms with Gasteiger partial charge in [-0.1, -0.05) is 6.07 Å². The molecule has 0 saturated carbocycles. The van der Waals surface area contributed by atoms with Crippen LogP contribution in [0.25, 0.3) is 0 Å². The first-order chi connectivity index (χ1) is 10.0. The Morgan fingerprint density at radius 3 is 2.57 bits per heavy atom. The quantitative estimate of drug-likeness (QED) is 0.860. The Labute approximate surface area is 128 Å². The molecule has 0 spiro atoms. The van der Waals surface area contributed by atoms with Crippen LogP contribution in [-0.4, -0.2) is 63.2 Å². The molecule has 118 valence electrons. The average molecular weight is 291 g/mol. The Bertz CT molecular complexity index is 475. The lowest BCUT2D eigenvalue weighted by atomic mass is 9.77. The number of hydrogen-bond acceptors (Lipinski definition) is 4. The summed E-state index contributed by atoms with van der Waals surface area (Å²) in [6.07, 6.45) is 3.25. The lowest BCUT2D eigenvalue weighted by Gasteiger charge is -2.45. The summed E-state index contributed by atoms with van der Waals surface area (Å²) in [6, 6.07) is 6.44. The van der Waals surface area contributed by atoms with Crippen LogP contribution in [0.15, 0.2) is 18.2 Å². The number of nitrogens with zero attached hydrogens (tertiary/aromatic N) is 2.